The summed E-state index contributed by atoms with van der Waals surface area (Å²) in [5.74, 6) is -0.433. The number of nitrogens with two attached hydrogens (primary N) is 1. The SMILES string of the molecule is COCc1ccc(C(=O)NC2CCCc3[nH]c(=O)c(C(N)=O)cc32)o1. The number of primary amides is 1. The number of H-pyrrole nitrogens is 1. The fourth-order valence-corrected chi connectivity index (χ4v) is 3.02. The molecule has 4 N–H and O–H groups in total. The summed E-state index contributed by atoms with van der Waals surface area (Å²) in [4.78, 5) is 38.4. The number of carbonyl (C=O) groups is 2. The smallest absolute Gasteiger partial charge is 0.287 e. The third-order valence-electron chi connectivity index (χ3n) is 4.20. The van der Waals surface area contributed by atoms with Crippen LogP contribution in [-0.2, 0) is 17.8 Å². The predicted octanol–water partition coefficient (Wildman–Crippen LogP) is 1.02. The summed E-state index contributed by atoms with van der Waals surface area (Å²) < 4.78 is 10.4. The van der Waals surface area contributed by atoms with Crippen molar-refractivity contribution in [1.29, 1.82) is 0 Å². The fourth-order valence-electron chi connectivity index (χ4n) is 3.02. The van der Waals surface area contributed by atoms with Gasteiger partial charge < -0.3 is 25.2 Å². The molecule has 2 heterocycles. The van der Waals surface area contributed by atoms with Crippen molar-refractivity contribution < 1.29 is 18.7 Å². The summed E-state index contributed by atoms with van der Waals surface area (Å²) in [6.07, 6.45) is 2.17. The largest absolute Gasteiger partial charge is 0.453 e. The normalized spacial score (nSPS) is 16.3. The summed E-state index contributed by atoms with van der Waals surface area (Å²) in [6.45, 7) is 0.281. The highest BCUT2D eigenvalue weighted by atomic mass is 16.5. The lowest BCUT2D eigenvalue weighted by Crippen LogP contribution is -2.34. The second-order valence-electron chi connectivity index (χ2n) is 5.93. The van der Waals surface area contributed by atoms with E-state index in [1.54, 1.807) is 12.1 Å². The molecule has 2 aromatic rings. The molecule has 132 valence electrons. The van der Waals surface area contributed by atoms with Crippen molar-refractivity contribution >= 4 is 11.8 Å². The Kier molecular flexibility index (Phi) is 4.71. The van der Waals surface area contributed by atoms with E-state index in [9.17, 15) is 14.4 Å². The Hall–Kier alpha value is -2.87. The number of hydrogen-bond acceptors (Lipinski definition) is 5. The molecule has 0 saturated carbocycles. The van der Waals surface area contributed by atoms with Crippen LogP contribution in [0.2, 0.25) is 0 Å². The maximum absolute atomic E-state index is 12.4. The minimum Gasteiger partial charge on any atom is -0.453 e. The van der Waals surface area contributed by atoms with Crippen LogP contribution < -0.4 is 16.6 Å². The highest BCUT2D eigenvalue weighted by molar-refractivity contribution is 5.93. The van der Waals surface area contributed by atoms with E-state index in [0.29, 0.717) is 29.9 Å². The van der Waals surface area contributed by atoms with Gasteiger partial charge in [-0.05, 0) is 43.0 Å². The molecule has 0 bridgehead atoms. The Morgan fingerprint density at radius 3 is 2.96 bits per heavy atom. The maximum atomic E-state index is 12.4. The van der Waals surface area contributed by atoms with Crippen LogP contribution >= 0.6 is 0 Å². The van der Waals surface area contributed by atoms with Crippen molar-refractivity contribution in [2.24, 2.45) is 5.73 Å². The van der Waals surface area contributed by atoms with Crippen LogP contribution in [-0.4, -0.2) is 23.9 Å². The second-order valence-corrected chi connectivity index (χ2v) is 5.93. The van der Waals surface area contributed by atoms with Crippen LogP contribution in [0, 0.1) is 0 Å². The molecule has 8 heteroatoms. The molecular formula is C17H19N3O5. The number of furan rings is 1. The number of rotatable bonds is 5. The Morgan fingerprint density at radius 1 is 1.44 bits per heavy atom. The van der Waals surface area contributed by atoms with Crippen LogP contribution in [0.15, 0.2) is 27.4 Å². The molecule has 2 aromatic heterocycles. The first-order valence-electron chi connectivity index (χ1n) is 7.94. The Bertz CT molecular complexity index is 867. The number of hydrogen-bond donors (Lipinski definition) is 3. The number of carbonyl (C=O) groups excluding carboxylic acids is 2. The van der Waals surface area contributed by atoms with E-state index in [-0.39, 0.29) is 29.9 Å². The highest BCUT2D eigenvalue weighted by Crippen LogP contribution is 2.28. The van der Waals surface area contributed by atoms with Gasteiger partial charge in [-0.1, -0.05) is 0 Å². The second kappa shape index (κ2) is 6.94. The van der Waals surface area contributed by atoms with Crippen molar-refractivity contribution in [3.05, 3.63) is 56.9 Å². The van der Waals surface area contributed by atoms with E-state index in [4.69, 9.17) is 14.9 Å². The molecular weight excluding hydrogens is 326 g/mol. The van der Waals surface area contributed by atoms with E-state index in [2.05, 4.69) is 10.3 Å². The van der Waals surface area contributed by atoms with Gasteiger partial charge in [-0.2, -0.15) is 0 Å². The van der Waals surface area contributed by atoms with Gasteiger partial charge in [-0.15, -0.1) is 0 Å². The highest BCUT2D eigenvalue weighted by Gasteiger charge is 2.26. The first-order valence-corrected chi connectivity index (χ1v) is 7.94. The number of aryl methyl sites for hydroxylation is 1. The van der Waals surface area contributed by atoms with E-state index in [1.165, 1.54) is 13.2 Å². The summed E-state index contributed by atoms with van der Waals surface area (Å²) in [7, 11) is 1.54. The van der Waals surface area contributed by atoms with Gasteiger partial charge in [0.15, 0.2) is 5.76 Å². The summed E-state index contributed by atoms with van der Waals surface area (Å²) in [5.41, 5.74) is 6.05. The third-order valence-corrected chi connectivity index (χ3v) is 4.20. The molecule has 1 aliphatic carbocycles. The molecule has 3 rings (SSSR count). The molecule has 1 atom stereocenters. The standard InChI is InChI=1S/C17H19N3O5/c1-24-8-9-5-6-14(25-9)17(23)20-13-4-2-3-12-10(13)7-11(15(18)21)16(22)19-12/h5-7,13H,2-4,8H2,1H3,(H2,18,21)(H,19,22)(H,20,23). The molecule has 0 saturated heterocycles. The first-order chi connectivity index (χ1) is 12.0. The number of amides is 2. The molecule has 25 heavy (non-hydrogen) atoms. The number of fused-ring (bicyclic) bond motifs is 1. The summed E-state index contributed by atoms with van der Waals surface area (Å²) in [6, 6.07) is 4.40. The topological polar surface area (TPSA) is 127 Å². The average Bonchev–Trinajstić information content (AvgIpc) is 3.03. The number of ether oxygens (including phenoxy) is 1. The van der Waals surface area contributed by atoms with Crippen molar-refractivity contribution in [3.8, 4) is 0 Å². The Labute approximate surface area is 143 Å². The lowest BCUT2D eigenvalue weighted by atomic mass is 9.90. The van der Waals surface area contributed by atoms with E-state index >= 15 is 0 Å². The minimum atomic E-state index is -0.796. The zero-order valence-corrected chi connectivity index (χ0v) is 13.8. The lowest BCUT2D eigenvalue weighted by molar-refractivity contribution is 0.0895. The van der Waals surface area contributed by atoms with Crippen molar-refractivity contribution in [2.45, 2.75) is 31.9 Å². The number of methoxy groups -OCH3 is 1. The first kappa shape index (κ1) is 17.0. The third kappa shape index (κ3) is 3.48. The molecule has 2 amide bonds. The van der Waals surface area contributed by atoms with E-state index < -0.39 is 11.5 Å². The monoisotopic (exact) mass is 345 g/mol. The van der Waals surface area contributed by atoms with Crippen LogP contribution in [0.3, 0.4) is 0 Å². The van der Waals surface area contributed by atoms with Crippen LogP contribution in [0.4, 0.5) is 0 Å². The van der Waals surface area contributed by atoms with Crippen LogP contribution in [0.25, 0.3) is 0 Å². The molecule has 0 aromatic carbocycles. The molecule has 0 radical (unpaired) electrons. The molecule has 1 aliphatic rings. The van der Waals surface area contributed by atoms with Gasteiger partial charge >= 0.3 is 0 Å². The van der Waals surface area contributed by atoms with Gasteiger partial charge in [0.1, 0.15) is 17.9 Å². The number of aromatic nitrogens is 1. The fraction of sp³-hybridized carbons (Fsp3) is 0.353. The molecule has 0 fully saturated rings. The number of pyridine rings is 1. The Balaban J connectivity index is 1.84. The van der Waals surface area contributed by atoms with Gasteiger partial charge in [0, 0.05) is 12.8 Å². The average molecular weight is 345 g/mol. The van der Waals surface area contributed by atoms with E-state index in [0.717, 1.165) is 6.42 Å². The maximum Gasteiger partial charge on any atom is 0.287 e. The van der Waals surface area contributed by atoms with Gasteiger partial charge in [0.2, 0.25) is 0 Å². The van der Waals surface area contributed by atoms with Crippen molar-refractivity contribution in [2.75, 3.05) is 7.11 Å². The minimum absolute atomic E-state index is 0.111. The quantitative estimate of drug-likeness (QED) is 0.745. The number of nitrogens with one attached hydrogen (secondary N) is 2. The predicted molar refractivity (Wildman–Crippen MR) is 88.1 cm³/mol. The Morgan fingerprint density at radius 2 is 2.24 bits per heavy atom. The summed E-state index contributed by atoms with van der Waals surface area (Å²) >= 11 is 0. The van der Waals surface area contributed by atoms with Gasteiger partial charge in [0.05, 0.1) is 6.04 Å². The van der Waals surface area contributed by atoms with E-state index in [1.807, 2.05) is 0 Å². The molecule has 0 aliphatic heterocycles. The van der Waals surface area contributed by atoms with Crippen LogP contribution in [0.1, 0.15) is 56.8 Å². The van der Waals surface area contributed by atoms with Crippen LogP contribution in [0.5, 0.6) is 0 Å². The lowest BCUT2D eigenvalue weighted by Gasteiger charge is -2.26. The van der Waals surface area contributed by atoms with Crippen molar-refractivity contribution in [1.82, 2.24) is 10.3 Å². The van der Waals surface area contributed by atoms with Gasteiger partial charge in [-0.3, -0.25) is 14.4 Å². The van der Waals surface area contributed by atoms with Gasteiger partial charge in [0.25, 0.3) is 17.4 Å². The zero-order chi connectivity index (χ0) is 18.0. The zero-order valence-electron chi connectivity index (χ0n) is 13.8. The molecule has 1 unspecified atom stereocenters. The molecule has 8 nitrogen and oxygen atoms in total. The number of aromatic amines is 1. The van der Waals surface area contributed by atoms with Crippen molar-refractivity contribution in [3.63, 3.8) is 0 Å². The molecule has 0 spiro atoms. The van der Waals surface area contributed by atoms with Gasteiger partial charge in [-0.25, -0.2) is 0 Å². The summed E-state index contributed by atoms with van der Waals surface area (Å²) in [5, 5.41) is 2.88.